The lowest BCUT2D eigenvalue weighted by molar-refractivity contribution is 0.0793. The molecular weight excluding hydrogens is 358 g/mol. The van der Waals surface area contributed by atoms with Crippen molar-refractivity contribution in [3.05, 3.63) is 54.1 Å². The third-order valence-electron chi connectivity index (χ3n) is 4.44. The minimum absolute atomic E-state index is 0.166. The van der Waals surface area contributed by atoms with E-state index in [-0.39, 0.29) is 12.5 Å². The van der Waals surface area contributed by atoms with Crippen LogP contribution in [0.25, 0.3) is 11.0 Å². The third kappa shape index (κ3) is 2.91. The Hall–Kier alpha value is -2.32. The Balaban J connectivity index is 1.54. The molecule has 1 saturated heterocycles. The van der Waals surface area contributed by atoms with Gasteiger partial charge in [-0.15, -0.1) is 0 Å². The number of hydrogen-bond acceptors (Lipinski definition) is 6. The van der Waals surface area contributed by atoms with Crippen molar-refractivity contribution in [3.63, 3.8) is 0 Å². The molecule has 0 aliphatic carbocycles. The molecule has 6 nitrogen and oxygen atoms in total. The van der Waals surface area contributed by atoms with Crippen molar-refractivity contribution in [1.82, 2.24) is 13.6 Å². The van der Waals surface area contributed by atoms with Crippen LogP contribution in [0, 0.1) is 0 Å². The summed E-state index contributed by atoms with van der Waals surface area (Å²) in [4.78, 5) is 14.6. The smallest absolute Gasteiger partial charge is 0.253 e. The number of aromatic nitrogens is 2. The van der Waals surface area contributed by atoms with Crippen LogP contribution >= 0.6 is 11.7 Å². The first-order valence-corrected chi connectivity index (χ1v) is 10.1. The van der Waals surface area contributed by atoms with Gasteiger partial charge in [0.25, 0.3) is 5.91 Å². The Morgan fingerprint density at radius 2 is 1.84 bits per heavy atom. The van der Waals surface area contributed by atoms with Crippen molar-refractivity contribution in [2.75, 3.05) is 13.1 Å². The molecule has 0 radical (unpaired) electrons. The normalized spacial score (nSPS) is 17.9. The summed E-state index contributed by atoms with van der Waals surface area (Å²) in [6.07, 6.45) is 0.448. The van der Waals surface area contributed by atoms with Crippen molar-refractivity contribution >= 4 is 38.5 Å². The molecule has 1 amide bonds. The lowest BCUT2D eigenvalue weighted by Gasteiger charge is -2.17. The van der Waals surface area contributed by atoms with Crippen LogP contribution in [0.15, 0.2) is 53.4 Å². The summed E-state index contributed by atoms with van der Waals surface area (Å²) < 4.78 is 33.7. The molecule has 0 N–H and O–H groups in total. The van der Waals surface area contributed by atoms with Crippen LogP contribution in [-0.2, 0) is 9.84 Å². The fourth-order valence-corrected chi connectivity index (χ4v) is 5.30. The van der Waals surface area contributed by atoms with Gasteiger partial charge in [-0.2, -0.15) is 8.75 Å². The molecule has 8 heteroatoms. The number of likely N-dealkylation sites (tertiary alicyclic amines) is 1. The molecule has 25 heavy (non-hydrogen) atoms. The molecule has 2 heterocycles. The van der Waals surface area contributed by atoms with E-state index in [4.69, 9.17) is 0 Å². The van der Waals surface area contributed by atoms with Crippen LogP contribution in [0.1, 0.15) is 16.8 Å². The highest BCUT2D eigenvalue weighted by Gasteiger charge is 2.36. The fourth-order valence-electron chi connectivity index (χ4n) is 3.07. The van der Waals surface area contributed by atoms with E-state index >= 15 is 0 Å². The van der Waals surface area contributed by atoms with Crippen molar-refractivity contribution < 1.29 is 13.2 Å². The van der Waals surface area contributed by atoms with Gasteiger partial charge in [-0.1, -0.05) is 18.2 Å². The topological polar surface area (TPSA) is 80.2 Å². The molecular formula is C17H15N3O3S2. The summed E-state index contributed by atoms with van der Waals surface area (Å²) in [5.41, 5.74) is 1.95. The summed E-state index contributed by atoms with van der Waals surface area (Å²) in [6.45, 7) is 0.645. The first-order valence-electron chi connectivity index (χ1n) is 7.86. The molecule has 128 valence electrons. The Bertz CT molecular complexity index is 1030. The summed E-state index contributed by atoms with van der Waals surface area (Å²) in [5.74, 6) is -0.166. The summed E-state index contributed by atoms with van der Waals surface area (Å²) >= 11 is 1.10. The first-order chi connectivity index (χ1) is 12.1. The minimum atomic E-state index is -3.43. The Morgan fingerprint density at radius 1 is 1.08 bits per heavy atom. The molecule has 3 aromatic rings. The highest BCUT2D eigenvalue weighted by molar-refractivity contribution is 7.92. The second-order valence-electron chi connectivity index (χ2n) is 5.99. The molecule has 0 unspecified atom stereocenters. The average molecular weight is 373 g/mol. The molecule has 1 fully saturated rings. The lowest BCUT2D eigenvalue weighted by Crippen LogP contribution is -2.31. The van der Waals surface area contributed by atoms with E-state index in [2.05, 4.69) is 8.75 Å². The summed E-state index contributed by atoms with van der Waals surface area (Å²) in [7, 11) is -3.43. The maximum Gasteiger partial charge on any atom is 0.253 e. The zero-order valence-corrected chi connectivity index (χ0v) is 14.8. The number of benzene rings is 2. The molecule has 1 aliphatic rings. The predicted octanol–water partition coefficient (Wildman–Crippen LogP) is 2.38. The molecule has 1 atom stereocenters. The van der Waals surface area contributed by atoms with Gasteiger partial charge in [-0.3, -0.25) is 4.79 Å². The Labute approximate surface area is 149 Å². The SMILES string of the molecule is O=C(c1ccc2nsnc2c1)N1CC[C@@H](S(=O)(=O)c2ccccc2)C1. The van der Waals surface area contributed by atoms with Gasteiger partial charge in [-0.25, -0.2) is 8.42 Å². The number of sulfone groups is 1. The van der Waals surface area contributed by atoms with Crippen molar-refractivity contribution in [2.45, 2.75) is 16.6 Å². The fraction of sp³-hybridized carbons (Fsp3) is 0.235. The Kier molecular flexibility index (Phi) is 4.01. The zero-order chi connectivity index (χ0) is 17.4. The van der Waals surface area contributed by atoms with Gasteiger partial charge in [-0.05, 0) is 36.8 Å². The van der Waals surface area contributed by atoms with Crippen LogP contribution in [-0.4, -0.2) is 46.3 Å². The number of hydrogen-bond donors (Lipinski definition) is 0. The maximum atomic E-state index is 12.7. The van der Waals surface area contributed by atoms with E-state index in [1.807, 2.05) is 0 Å². The van der Waals surface area contributed by atoms with Gasteiger partial charge >= 0.3 is 0 Å². The van der Waals surface area contributed by atoms with Gasteiger partial charge < -0.3 is 4.90 Å². The van der Waals surface area contributed by atoms with Gasteiger partial charge in [0, 0.05) is 18.7 Å². The largest absolute Gasteiger partial charge is 0.337 e. The minimum Gasteiger partial charge on any atom is -0.337 e. The van der Waals surface area contributed by atoms with E-state index in [0.717, 1.165) is 17.2 Å². The number of rotatable bonds is 3. The zero-order valence-electron chi connectivity index (χ0n) is 13.2. The molecule has 0 saturated carbocycles. The standard InChI is InChI=1S/C17H15N3O3S2/c21-17(12-6-7-15-16(10-12)19-24-18-15)20-9-8-14(11-20)25(22,23)13-4-2-1-3-5-13/h1-7,10,14H,8-9,11H2/t14-/m1/s1. The van der Waals surface area contributed by atoms with Crippen LogP contribution in [0.5, 0.6) is 0 Å². The van der Waals surface area contributed by atoms with Gasteiger partial charge in [0.05, 0.1) is 21.9 Å². The average Bonchev–Trinajstić information content (AvgIpc) is 3.31. The van der Waals surface area contributed by atoms with E-state index < -0.39 is 15.1 Å². The van der Waals surface area contributed by atoms with Crippen LogP contribution in [0.4, 0.5) is 0 Å². The molecule has 2 aromatic carbocycles. The predicted molar refractivity (Wildman–Crippen MR) is 95.4 cm³/mol. The van der Waals surface area contributed by atoms with Gasteiger partial charge in [0.15, 0.2) is 9.84 Å². The van der Waals surface area contributed by atoms with Gasteiger partial charge in [0.2, 0.25) is 0 Å². The second-order valence-corrected chi connectivity index (χ2v) is 8.74. The van der Waals surface area contributed by atoms with Crippen LogP contribution in [0.2, 0.25) is 0 Å². The van der Waals surface area contributed by atoms with Crippen molar-refractivity contribution in [1.29, 1.82) is 0 Å². The van der Waals surface area contributed by atoms with E-state index in [1.165, 1.54) is 0 Å². The summed E-state index contributed by atoms with van der Waals surface area (Å²) in [6, 6.07) is 13.6. The van der Waals surface area contributed by atoms with E-state index in [0.29, 0.717) is 28.9 Å². The van der Waals surface area contributed by atoms with E-state index in [9.17, 15) is 13.2 Å². The molecule has 1 aliphatic heterocycles. The summed E-state index contributed by atoms with van der Waals surface area (Å²) in [5, 5.41) is -0.566. The van der Waals surface area contributed by atoms with Crippen LogP contribution < -0.4 is 0 Å². The molecule has 4 rings (SSSR count). The van der Waals surface area contributed by atoms with E-state index in [1.54, 1.807) is 53.4 Å². The number of nitrogens with zero attached hydrogens (tertiary/aromatic N) is 3. The first kappa shape index (κ1) is 16.2. The highest BCUT2D eigenvalue weighted by Crippen LogP contribution is 2.25. The maximum absolute atomic E-state index is 12.7. The number of fused-ring (bicyclic) bond motifs is 1. The number of amides is 1. The van der Waals surface area contributed by atoms with Crippen LogP contribution in [0.3, 0.4) is 0 Å². The number of carbonyl (C=O) groups is 1. The monoisotopic (exact) mass is 373 g/mol. The second kappa shape index (κ2) is 6.20. The Morgan fingerprint density at radius 3 is 2.64 bits per heavy atom. The van der Waals surface area contributed by atoms with Crippen molar-refractivity contribution in [2.24, 2.45) is 0 Å². The molecule has 0 bridgehead atoms. The molecule has 1 aromatic heterocycles. The van der Waals surface area contributed by atoms with Crippen molar-refractivity contribution in [3.8, 4) is 0 Å². The molecule has 0 spiro atoms. The number of carbonyl (C=O) groups excluding carboxylic acids is 1. The van der Waals surface area contributed by atoms with Gasteiger partial charge in [0.1, 0.15) is 11.0 Å². The third-order valence-corrected chi connectivity index (χ3v) is 7.19. The quantitative estimate of drug-likeness (QED) is 0.704. The highest BCUT2D eigenvalue weighted by atomic mass is 32.2. The lowest BCUT2D eigenvalue weighted by atomic mass is 10.2.